The molecule has 7 nitrogen and oxygen atoms in total. The fourth-order valence-electron chi connectivity index (χ4n) is 2.92. The molecule has 178 valence electrons. The minimum atomic E-state index is -5.19. The molecule has 0 bridgehead atoms. The number of H-pyrrole nitrogens is 1. The van der Waals surface area contributed by atoms with Crippen LogP contribution in [0.5, 0.6) is 0 Å². The van der Waals surface area contributed by atoms with Crippen LogP contribution in [0.4, 0.5) is 37.7 Å². The zero-order valence-corrected chi connectivity index (χ0v) is 17.3. The van der Waals surface area contributed by atoms with Crippen molar-refractivity contribution < 1.29 is 31.1 Å². The largest absolute Gasteiger partial charge is 0.433 e. The summed E-state index contributed by atoms with van der Waals surface area (Å²) in [6.45, 7) is 0. The van der Waals surface area contributed by atoms with Gasteiger partial charge in [0.1, 0.15) is 16.5 Å². The van der Waals surface area contributed by atoms with Crippen LogP contribution in [0.2, 0.25) is 5.15 Å². The van der Waals surface area contributed by atoms with E-state index < -0.39 is 51.6 Å². The van der Waals surface area contributed by atoms with Crippen molar-refractivity contribution in [1.29, 1.82) is 5.41 Å². The molecular weight excluding hydrogens is 492 g/mol. The molecule has 3 rings (SSSR count). The number of amides is 1. The van der Waals surface area contributed by atoms with Crippen LogP contribution in [0, 0.1) is 5.41 Å². The van der Waals surface area contributed by atoms with Crippen LogP contribution in [0.25, 0.3) is 10.8 Å². The van der Waals surface area contributed by atoms with Gasteiger partial charge in [-0.25, -0.2) is 4.98 Å². The number of benzene rings is 1. The molecule has 14 heteroatoms. The molecule has 0 aliphatic heterocycles. The first-order valence-electron chi connectivity index (χ1n) is 9.07. The van der Waals surface area contributed by atoms with Gasteiger partial charge in [-0.2, -0.15) is 26.3 Å². The van der Waals surface area contributed by atoms with E-state index in [9.17, 15) is 35.9 Å². The summed E-state index contributed by atoms with van der Waals surface area (Å²) in [4.78, 5) is 29.9. The molecule has 34 heavy (non-hydrogen) atoms. The number of rotatable bonds is 5. The Hall–Kier alpha value is -3.87. The Balaban J connectivity index is 2.07. The van der Waals surface area contributed by atoms with E-state index in [2.05, 4.69) is 9.97 Å². The molecule has 2 heterocycles. The molecule has 1 amide bonds. The fourth-order valence-corrected chi connectivity index (χ4v) is 3.13. The highest BCUT2D eigenvalue weighted by atomic mass is 35.5. The summed E-state index contributed by atoms with van der Waals surface area (Å²) in [5, 5.41) is 10.7. The van der Waals surface area contributed by atoms with E-state index in [-0.39, 0.29) is 22.7 Å². The molecule has 0 spiro atoms. The number of halogens is 7. The molecule has 0 fully saturated rings. The molecule has 0 atom stereocenters. The van der Waals surface area contributed by atoms with Gasteiger partial charge < -0.3 is 21.0 Å². The second-order valence-electron chi connectivity index (χ2n) is 6.65. The Morgan fingerprint density at radius 3 is 2.38 bits per heavy atom. The molecule has 0 aliphatic rings. The zero-order chi connectivity index (χ0) is 25.3. The van der Waals surface area contributed by atoms with Gasteiger partial charge in [-0.3, -0.25) is 9.59 Å². The van der Waals surface area contributed by atoms with E-state index in [1.165, 1.54) is 30.5 Å². The number of aromatic amines is 1. The van der Waals surface area contributed by atoms with Crippen LogP contribution in [0.3, 0.4) is 0 Å². The summed E-state index contributed by atoms with van der Waals surface area (Å²) in [7, 11) is 0. The Bertz CT molecular complexity index is 1360. The normalized spacial score (nSPS) is 12.8. The van der Waals surface area contributed by atoms with Gasteiger partial charge in [0.15, 0.2) is 0 Å². The third kappa shape index (κ3) is 5.36. The second kappa shape index (κ2) is 9.17. The third-order valence-electron chi connectivity index (χ3n) is 4.36. The molecule has 0 aliphatic carbocycles. The van der Waals surface area contributed by atoms with Gasteiger partial charge in [0.2, 0.25) is 0 Å². The molecule has 3 aromatic rings. The summed E-state index contributed by atoms with van der Waals surface area (Å²) in [6, 6.07) is 6.39. The lowest BCUT2D eigenvalue weighted by Gasteiger charge is -2.19. The number of allylic oxidation sites excluding steroid dienone is 1. The summed E-state index contributed by atoms with van der Waals surface area (Å²) in [6.07, 6.45) is -8.82. The Labute approximate surface area is 191 Å². The lowest BCUT2D eigenvalue weighted by molar-refractivity contribution is -0.141. The van der Waals surface area contributed by atoms with Crippen molar-refractivity contribution in [3.05, 3.63) is 75.1 Å². The molecular formula is C20H12ClF6N5O2. The summed E-state index contributed by atoms with van der Waals surface area (Å²) >= 11 is 5.52. The van der Waals surface area contributed by atoms with E-state index in [4.69, 9.17) is 17.0 Å². The molecule has 4 N–H and O–H groups in total. The molecule has 0 radical (unpaired) electrons. The molecule has 0 saturated heterocycles. The molecule has 1 aromatic carbocycles. The van der Waals surface area contributed by atoms with E-state index >= 15 is 0 Å². The monoisotopic (exact) mass is 503 g/mol. The van der Waals surface area contributed by atoms with Crippen LogP contribution in [-0.4, -0.2) is 28.3 Å². The number of fused-ring (bicyclic) bond motifs is 1. The number of anilines is 2. The summed E-state index contributed by atoms with van der Waals surface area (Å²) in [5.41, 5.74) is -5.76. The average Bonchev–Trinajstić information content (AvgIpc) is 2.72. The van der Waals surface area contributed by atoms with Crippen molar-refractivity contribution in [3.63, 3.8) is 0 Å². The van der Waals surface area contributed by atoms with Crippen molar-refractivity contribution in [2.75, 3.05) is 10.6 Å². The van der Waals surface area contributed by atoms with Crippen molar-refractivity contribution in [2.45, 2.75) is 12.4 Å². The molecule has 0 saturated carbocycles. The van der Waals surface area contributed by atoms with Crippen molar-refractivity contribution in [1.82, 2.24) is 9.97 Å². The maximum Gasteiger partial charge on any atom is 0.433 e. The van der Waals surface area contributed by atoms with Crippen LogP contribution in [0.15, 0.2) is 58.7 Å². The number of carbonyl (C=O) groups is 1. The van der Waals surface area contributed by atoms with Crippen LogP contribution < -0.4 is 16.2 Å². The number of carbonyl (C=O) groups excluding carboxylic acids is 1. The number of pyridine rings is 2. The number of nitrogens with zero attached hydrogens (tertiary/aromatic N) is 1. The second-order valence-corrected chi connectivity index (χ2v) is 7.03. The minimum absolute atomic E-state index is 0.0565. The first-order valence-corrected chi connectivity index (χ1v) is 9.44. The Morgan fingerprint density at radius 2 is 1.76 bits per heavy atom. The number of nitrogens with one attached hydrogen (secondary N) is 4. The number of hydrogen-bond acceptors (Lipinski definition) is 5. The van der Waals surface area contributed by atoms with Gasteiger partial charge in [0.25, 0.3) is 11.5 Å². The summed E-state index contributed by atoms with van der Waals surface area (Å²) < 4.78 is 80.4. The van der Waals surface area contributed by atoms with E-state index in [0.717, 1.165) is 6.07 Å². The quantitative estimate of drug-likeness (QED) is 0.168. The Kier molecular flexibility index (Phi) is 6.68. The SMILES string of the molecule is N=C/C(C(=O)Nc1cc(Cl)nc(C(F)(F)F)c1)=C(\Nc1cccc2c(=O)[nH]ccc12)C(F)(F)F. The molecule has 2 aromatic heterocycles. The number of aromatic nitrogens is 2. The first kappa shape index (κ1) is 24.8. The van der Waals surface area contributed by atoms with Crippen LogP contribution in [0.1, 0.15) is 5.69 Å². The maximum absolute atomic E-state index is 13.9. The van der Waals surface area contributed by atoms with Crippen LogP contribution in [-0.2, 0) is 11.0 Å². The Morgan fingerprint density at radius 1 is 1.06 bits per heavy atom. The van der Waals surface area contributed by atoms with Crippen molar-refractivity contribution in [3.8, 4) is 0 Å². The third-order valence-corrected chi connectivity index (χ3v) is 4.55. The first-order chi connectivity index (χ1) is 15.8. The van der Waals surface area contributed by atoms with E-state index in [0.29, 0.717) is 6.07 Å². The highest BCUT2D eigenvalue weighted by molar-refractivity contribution is 6.29. The number of alkyl halides is 6. The van der Waals surface area contributed by atoms with Gasteiger partial charge in [-0.15, -0.1) is 0 Å². The lowest BCUT2D eigenvalue weighted by atomic mass is 10.1. The standard InChI is InChI=1S/C20H12ClF6N5O2/c21-15-7-9(6-14(32-15)19(22,23)24)30-18(34)12(8-28)16(20(25,26)27)31-13-3-1-2-11-10(13)4-5-29-17(11)33/h1-8,28,31H,(H,29,33)(H,30,32,34)/b16-12+,28-8?. The number of hydrogen-bond donors (Lipinski definition) is 4. The maximum atomic E-state index is 13.9. The minimum Gasteiger partial charge on any atom is -0.350 e. The average molecular weight is 504 g/mol. The van der Waals surface area contributed by atoms with E-state index in [1.54, 1.807) is 0 Å². The highest BCUT2D eigenvalue weighted by Gasteiger charge is 2.39. The van der Waals surface area contributed by atoms with Gasteiger partial charge in [-0.1, -0.05) is 17.7 Å². The van der Waals surface area contributed by atoms with Crippen LogP contribution >= 0.6 is 11.6 Å². The predicted octanol–water partition coefficient (Wildman–Crippen LogP) is 5.11. The topological polar surface area (TPSA) is 111 Å². The van der Waals surface area contributed by atoms with Crippen molar-refractivity contribution >= 4 is 45.9 Å². The summed E-state index contributed by atoms with van der Waals surface area (Å²) in [5.74, 6) is -1.54. The smallest absolute Gasteiger partial charge is 0.350 e. The van der Waals surface area contributed by atoms with Gasteiger partial charge >= 0.3 is 12.4 Å². The molecule has 0 unspecified atom stereocenters. The zero-order valence-electron chi connectivity index (χ0n) is 16.5. The van der Waals surface area contributed by atoms with Gasteiger partial charge in [0.05, 0.1) is 5.57 Å². The highest BCUT2D eigenvalue weighted by Crippen LogP contribution is 2.33. The van der Waals surface area contributed by atoms with Gasteiger partial charge in [-0.05, 0) is 30.3 Å². The van der Waals surface area contributed by atoms with E-state index in [1.807, 2.05) is 10.6 Å². The van der Waals surface area contributed by atoms with Gasteiger partial charge in [0, 0.05) is 34.6 Å². The fraction of sp³-hybridized carbons (Fsp3) is 0.100. The van der Waals surface area contributed by atoms with Crippen molar-refractivity contribution in [2.24, 2.45) is 0 Å². The predicted molar refractivity (Wildman–Crippen MR) is 113 cm³/mol. The lowest BCUT2D eigenvalue weighted by Crippen LogP contribution is -2.28.